The van der Waals surface area contributed by atoms with E-state index in [-0.39, 0.29) is 28.9 Å². The molecule has 0 saturated heterocycles. The normalized spacial score (nSPS) is 9.88. The van der Waals surface area contributed by atoms with Gasteiger partial charge in [-0.2, -0.15) is 4.39 Å². The lowest BCUT2D eigenvalue weighted by molar-refractivity contribution is 0.0699. The maximum Gasteiger partial charge on any atom is 0.337 e. The largest absolute Gasteiger partial charge is 0.478 e. The molecule has 0 bridgehead atoms. The molecule has 3 nitrogen and oxygen atoms in total. The minimum Gasteiger partial charge on any atom is -0.478 e. The lowest BCUT2D eigenvalue weighted by atomic mass is 10.1. The zero-order chi connectivity index (χ0) is 11.0. The molecule has 2 rings (SSSR count). The summed E-state index contributed by atoms with van der Waals surface area (Å²) in [5, 5.41) is 9.04. The number of benzene rings is 1. The van der Waals surface area contributed by atoms with Crippen LogP contribution in [0.1, 0.15) is 10.4 Å². The molecule has 0 unspecified atom stereocenters. The molecule has 0 aliphatic heterocycles. The first-order valence-electron chi connectivity index (χ1n) is 4.07. The second-order valence-electron chi connectivity index (χ2n) is 2.94. The predicted molar refractivity (Wildman–Crippen MR) is 55.9 cm³/mol. The Labute approximate surface area is 95.1 Å². The van der Waals surface area contributed by atoms with Crippen molar-refractivity contribution in [3.05, 3.63) is 41.6 Å². The van der Waals surface area contributed by atoms with E-state index in [1.54, 1.807) is 0 Å². The van der Waals surface area contributed by atoms with Gasteiger partial charge in [0.15, 0.2) is 5.82 Å². The zero-order valence-corrected chi connectivity index (χ0v) is 8.59. The van der Waals surface area contributed by atoms with E-state index < -0.39 is 17.7 Å². The van der Waals surface area contributed by atoms with Crippen molar-refractivity contribution in [3.63, 3.8) is 0 Å². The van der Waals surface area contributed by atoms with E-state index in [9.17, 15) is 13.6 Å². The highest BCUT2D eigenvalue weighted by Gasteiger charge is 2.12. The summed E-state index contributed by atoms with van der Waals surface area (Å²) in [5.74, 6) is -3.61. The van der Waals surface area contributed by atoms with Crippen LogP contribution < -0.4 is 0 Å². The minimum absolute atomic E-state index is 0. The van der Waals surface area contributed by atoms with Crippen molar-refractivity contribution in [3.8, 4) is 0 Å². The van der Waals surface area contributed by atoms with Gasteiger partial charge in [-0.1, -0.05) is 12.1 Å². The van der Waals surface area contributed by atoms with E-state index in [1.807, 2.05) is 0 Å². The molecule has 0 amide bonds. The van der Waals surface area contributed by atoms with Gasteiger partial charge in [0.1, 0.15) is 0 Å². The number of rotatable bonds is 1. The molecular formula is C10H6ClF2NO2. The number of hydrogen-bond donors (Lipinski definition) is 1. The molecule has 1 aromatic carbocycles. The van der Waals surface area contributed by atoms with Crippen LogP contribution >= 0.6 is 12.4 Å². The predicted octanol–water partition coefficient (Wildman–Crippen LogP) is 2.63. The summed E-state index contributed by atoms with van der Waals surface area (Å²) in [4.78, 5) is 14.0. The smallest absolute Gasteiger partial charge is 0.337 e. The van der Waals surface area contributed by atoms with E-state index >= 15 is 0 Å². The standard InChI is InChI=1S/C10H5F2NO2.ClH/c11-7-4-5-2-1-3-6(10(14)15)8(5)13-9(7)12;/h1-4H,(H,14,15);1H. The van der Waals surface area contributed by atoms with Crippen LogP contribution in [-0.4, -0.2) is 16.1 Å². The number of nitrogens with zero attached hydrogens (tertiary/aromatic N) is 1. The fourth-order valence-corrected chi connectivity index (χ4v) is 1.32. The number of carboxylic acid groups (broad SMARTS) is 1. The van der Waals surface area contributed by atoms with E-state index in [0.717, 1.165) is 6.07 Å². The van der Waals surface area contributed by atoms with E-state index in [1.165, 1.54) is 18.2 Å². The van der Waals surface area contributed by atoms with Crippen LogP contribution in [0.25, 0.3) is 10.9 Å². The Bertz CT molecular complexity index is 560. The van der Waals surface area contributed by atoms with Crippen molar-refractivity contribution in [2.75, 3.05) is 0 Å². The van der Waals surface area contributed by atoms with Crippen LogP contribution in [0.15, 0.2) is 24.3 Å². The molecule has 0 atom stereocenters. The summed E-state index contributed by atoms with van der Waals surface area (Å²) in [7, 11) is 0. The summed E-state index contributed by atoms with van der Waals surface area (Å²) < 4.78 is 25.6. The monoisotopic (exact) mass is 245 g/mol. The Hall–Kier alpha value is -1.75. The lowest BCUT2D eigenvalue weighted by Gasteiger charge is -2.01. The second-order valence-corrected chi connectivity index (χ2v) is 2.94. The molecule has 16 heavy (non-hydrogen) atoms. The highest BCUT2D eigenvalue weighted by atomic mass is 35.5. The average molecular weight is 246 g/mol. The van der Waals surface area contributed by atoms with Crippen molar-refractivity contribution in [2.45, 2.75) is 0 Å². The molecule has 0 spiro atoms. The SMILES string of the molecule is Cl.O=C(O)c1cccc2cc(F)c(F)nc12. The molecule has 6 heteroatoms. The van der Waals surface area contributed by atoms with Crippen LogP contribution in [0.2, 0.25) is 0 Å². The number of pyridine rings is 1. The molecule has 0 aliphatic carbocycles. The topological polar surface area (TPSA) is 50.2 Å². The summed E-state index contributed by atoms with van der Waals surface area (Å²) in [6.07, 6.45) is 0. The van der Waals surface area contributed by atoms with Crippen LogP contribution in [0, 0.1) is 11.8 Å². The van der Waals surface area contributed by atoms with Crippen molar-refractivity contribution >= 4 is 29.3 Å². The Morgan fingerprint density at radius 2 is 2.00 bits per heavy atom. The summed E-state index contributed by atoms with van der Waals surface area (Å²) in [6, 6.07) is 5.13. The average Bonchev–Trinajstić information content (AvgIpc) is 2.18. The van der Waals surface area contributed by atoms with Crippen LogP contribution in [0.3, 0.4) is 0 Å². The minimum atomic E-state index is -1.30. The first-order valence-corrected chi connectivity index (χ1v) is 4.07. The van der Waals surface area contributed by atoms with Crippen molar-refractivity contribution in [1.29, 1.82) is 0 Å². The van der Waals surface area contributed by atoms with Gasteiger partial charge in [0, 0.05) is 5.39 Å². The number of carbonyl (C=O) groups is 1. The number of para-hydroxylation sites is 1. The first kappa shape index (κ1) is 12.3. The van der Waals surface area contributed by atoms with Gasteiger partial charge in [0.05, 0.1) is 11.1 Å². The van der Waals surface area contributed by atoms with E-state index in [0.29, 0.717) is 0 Å². The maximum absolute atomic E-state index is 12.8. The molecule has 1 N–H and O–H groups in total. The molecule has 0 fully saturated rings. The molecule has 0 saturated carbocycles. The highest BCUT2D eigenvalue weighted by molar-refractivity contribution is 6.01. The number of halogens is 3. The second kappa shape index (κ2) is 4.40. The first-order chi connectivity index (χ1) is 7.09. The number of carboxylic acids is 1. The molecule has 2 aromatic rings. The molecular weight excluding hydrogens is 240 g/mol. The Morgan fingerprint density at radius 1 is 1.31 bits per heavy atom. The van der Waals surface area contributed by atoms with Gasteiger partial charge >= 0.3 is 5.97 Å². The Balaban J connectivity index is 0.00000128. The molecule has 84 valence electrons. The summed E-state index contributed by atoms with van der Waals surface area (Å²) in [5.41, 5.74) is -0.199. The van der Waals surface area contributed by atoms with Gasteiger partial charge in [-0.3, -0.25) is 0 Å². The molecule has 0 radical (unpaired) electrons. The molecule has 1 heterocycles. The third kappa shape index (κ3) is 1.94. The third-order valence-electron chi connectivity index (χ3n) is 1.99. The number of hydrogen-bond acceptors (Lipinski definition) is 2. The fraction of sp³-hybridized carbons (Fsp3) is 0. The summed E-state index contributed by atoms with van der Waals surface area (Å²) in [6.45, 7) is 0. The van der Waals surface area contributed by atoms with Gasteiger partial charge in [-0.15, -0.1) is 12.4 Å². The third-order valence-corrected chi connectivity index (χ3v) is 1.99. The van der Waals surface area contributed by atoms with Crippen molar-refractivity contribution in [1.82, 2.24) is 4.98 Å². The highest BCUT2D eigenvalue weighted by Crippen LogP contribution is 2.18. The van der Waals surface area contributed by atoms with Crippen LogP contribution in [0.5, 0.6) is 0 Å². The lowest BCUT2D eigenvalue weighted by Crippen LogP contribution is -2.00. The summed E-state index contributed by atoms with van der Waals surface area (Å²) >= 11 is 0. The quantitative estimate of drug-likeness (QED) is 0.786. The van der Waals surface area contributed by atoms with Crippen molar-refractivity contribution < 1.29 is 18.7 Å². The number of aromatic carboxylic acids is 1. The van der Waals surface area contributed by atoms with Gasteiger partial charge in [0.25, 0.3) is 0 Å². The van der Waals surface area contributed by atoms with Gasteiger partial charge < -0.3 is 5.11 Å². The van der Waals surface area contributed by atoms with Gasteiger partial charge in [0.2, 0.25) is 5.95 Å². The number of fused-ring (bicyclic) bond motifs is 1. The maximum atomic E-state index is 12.8. The van der Waals surface area contributed by atoms with E-state index in [2.05, 4.69) is 4.98 Å². The van der Waals surface area contributed by atoms with Crippen molar-refractivity contribution in [2.24, 2.45) is 0 Å². The Morgan fingerprint density at radius 3 is 2.62 bits per heavy atom. The molecule has 1 aromatic heterocycles. The Kier molecular flexibility index (Phi) is 3.39. The van der Waals surface area contributed by atoms with Gasteiger partial charge in [-0.25, -0.2) is 14.2 Å². The zero-order valence-electron chi connectivity index (χ0n) is 7.78. The fourth-order valence-electron chi connectivity index (χ4n) is 1.32. The number of aromatic nitrogens is 1. The van der Waals surface area contributed by atoms with Crippen LogP contribution in [0.4, 0.5) is 8.78 Å². The van der Waals surface area contributed by atoms with E-state index in [4.69, 9.17) is 5.11 Å². The van der Waals surface area contributed by atoms with Gasteiger partial charge in [-0.05, 0) is 12.1 Å². The van der Waals surface area contributed by atoms with Crippen LogP contribution in [-0.2, 0) is 0 Å². The molecule has 0 aliphatic rings.